The Morgan fingerprint density at radius 2 is 1.19 bits per heavy atom. The molecule has 0 spiro atoms. The van der Waals surface area contributed by atoms with Gasteiger partial charge in [-0.2, -0.15) is 17.9 Å². The molecule has 0 fully saturated rings. The minimum atomic E-state index is -4.83. The number of rotatable bonds is 26. The number of nitrogens with zero attached hydrogens (tertiary/aromatic N) is 6. The van der Waals surface area contributed by atoms with Crippen LogP contribution in [-0.2, 0) is 58.7 Å². The van der Waals surface area contributed by atoms with Crippen LogP contribution in [-0.4, -0.2) is 140 Å². The number of aliphatic carboxylic acids is 1. The van der Waals surface area contributed by atoms with Gasteiger partial charge in [-0.25, -0.2) is 32.9 Å². The number of hydroxylamine groups is 1. The molecule has 0 bridgehead atoms. The second-order valence-electron chi connectivity index (χ2n) is 27.6. The number of carboxylic acid groups (broad SMARTS) is 1. The van der Waals surface area contributed by atoms with Gasteiger partial charge in [0, 0.05) is 56.4 Å². The van der Waals surface area contributed by atoms with Crippen LogP contribution in [0, 0.1) is 45.9 Å². The Morgan fingerprint density at radius 3 is 1.65 bits per heavy atom. The number of carbonyl (C=O) groups is 7. The van der Waals surface area contributed by atoms with E-state index in [4.69, 9.17) is 21.4 Å². The van der Waals surface area contributed by atoms with Crippen LogP contribution in [0.25, 0.3) is 0 Å². The van der Waals surface area contributed by atoms with Gasteiger partial charge in [-0.3, -0.25) is 28.8 Å². The van der Waals surface area contributed by atoms with Crippen molar-refractivity contribution in [2.24, 2.45) is 5.41 Å². The highest BCUT2D eigenvalue weighted by Gasteiger charge is 2.36. The summed E-state index contributed by atoms with van der Waals surface area (Å²) in [6.45, 7) is 38.6. The first-order chi connectivity index (χ1) is 53.1. The summed E-state index contributed by atoms with van der Waals surface area (Å²) in [7, 11) is -3.88. The molecule has 2 unspecified atom stereocenters. The Labute approximate surface area is 675 Å². The molecule has 610 valence electrons. The number of hydrogen-bond donors (Lipinski definition) is 4. The van der Waals surface area contributed by atoms with Gasteiger partial charge in [0.15, 0.2) is 12.7 Å². The van der Waals surface area contributed by atoms with Crippen LogP contribution in [0.4, 0.5) is 22.4 Å². The molecular weight excluding hydrogens is 1560 g/mol. The topological polar surface area (TPSA) is 269 Å². The third kappa shape index (κ3) is 32.7. The van der Waals surface area contributed by atoms with Crippen molar-refractivity contribution in [1.82, 2.24) is 45.6 Å². The van der Waals surface area contributed by atoms with Crippen LogP contribution in [0.15, 0.2) is 212 Å². The summed E-state index contributed by atoms with van der Waals surface area (Å²) in [4.78, 5) is 95.0. The number of amides is 6. The van der Waals surface area contributed by atoms with E-state index in [1.54, 1.807) is 80.3 Å². The highest BCUT2D eigenvalue weighted by molar-refractivity contribution is 9.10. The number of benzene rings is 7. The number of ether oxygens (including phenoxy) is 1. The molecule has 6 amide bonds. The first-order valence-electron chi connectivity index (χ1n) is 36.2. The molecule has 1 heterocycles. The predicted molar refractivity (Wildman–Crippen MR) is 437 cm³/mol. The Balaban J connectivity index is 0.000000358. The molecule has 4 N–H and O–H groups in total. The SMILES string of the molecule is C=CCN(CC=C)C(=O)CCl.CC(C)(NC(=O)C(Br)C(C)(C)C)c1ccccc1.CCC(Oc1ccc(F)c(C(F)(F)F)c1)C(=O)NCc1ccccc1.CCN(CC)C(=O)n1cnc(S(=O)(=O)c2c(C)cc(C)cc2C)n1.Cc1cc(C)cc(C(=O)N(Cc2ccccc2)C(C)C)c1.O=C(O)CONC(=O)c1ccccc1. The zero-order valence-electron chi connectivity index (χ0n) is 66.7. The van der Waals surface area contributed by atoms with E-state index in [0.717, 1.165) is 56.0 Å². The predicted octanol–water partition coefficient (Wildman–Crippen LogP) is 16.7. The van der Waals surface area contributed by atoms with Gasteiger partial charge >= 0.3 is 18.2 Å². The van der Waals surface area contributed by atoms with Crippen molar-refractivity contribution in [3.05, 3.63) is 269 Å². The molecule has 8 rings (SSSR count). The Morgan fingerprint density at radius 1 is 0.681 bits per heavy atom. The lowest BCUT2D eigenvalue weighted by Gasteiger charge is -2.31. The first-order valence-corrected chi connectivity index (χ1v) is 39.1. The number of carbonyl (C=O) groups excluding carboxylic acids is 6. The lowest BCUT2D eigenvalue weighted by molar-refractivity contribution is -0.144. The molecule has 0 aliphatic rings. The molecule has 113 heavy (non-hydrogen) atoms. The summed E-state index contributed by atoms with van der Waals surface area (Å²) in [5.74, 6) is -3.61. The number of aryl methyl sites for hydroxylation is 5. The van der Waals surface area contributed by atoms with Crippen LogP contribution in [0.5, 0.6) is 5.75 Å². The van der Waals surface area contributed by atoms with Crippen molar-refractivity contribution in [3.8, 4) is 5.75 Å². The molecule has 8 aromatic rings. The highest BCUT2D eigenvalue weighted by atomic mass is 79.9. The van der Waals surface area contributed by atoms with Crippen LogP contribution in [0.2, 0.25) is 0 Å². The molecule has 0 radical (unpaired) electrons. The molecule has 21 nitrogen and oxygen atoms in total. The van der Waals surface area contributed by atoms with Gasteiger partial charge in [0.1, 0.15) is 23.8 Å². The van der Waals surface area contributed by atoms with Gasteiger partial charge in [0.25, 0.3) is 22.9 Å². The van der Waals surface area contributed by atoms with Crippen molar-refractivity contribution in [1.29, 1.82) is 0 Å². The van der Waals surface area contributed by atoms with Crippen LogP contribution in [0.3, 0.4) is 0 Å². The van der Waals surface area contributed by atoms with E-state index in [0.29, 0.717) is 61.5 Å². The minimum absolute atomic E-state index is 0.0156. The minimum Gasteiger partial charge on any atom is -0.481 e. The fourth-order valence-electron chi connectivity index (χ4n) is 10.7. The highest BCUT2D eigenvalue weighted by Crippen LogP contribution is 2.35. The zero-order chi connectivity index (χ0) is 85.0. The molecule has 7 aromatic carbocycles. The number of halogens is 6. The summed E-state index contributed by atoms with van der Waals surface area (Å²) >= 11 is 8.84. The van der Waals surface area contributed by atoms with E-state index in [1.807, 2.05) is 171 Å². The molecule has 0 saturated heterocycles. The van der Waals surface area contributed by atoms with Gasteiger partial charge in [0.05, 0.1) is 20.8 Å². The Bertz CT molecular complexity index is 4460. The zero-order valence-corrected chi connectivity index (χ0v) is 69.9. The summed E-state index contributed by atoms with van der Waals surface area (Å²) in [6, 6.07) is 49.4. The fraction of sp³-hybridized carbons (Fsp3) is 0.353. The third-order valence-electron chi connectivity index (χ3n) is 16.3. The smallest absolute Gasteiger partial charge is 0.419 e. The van der Waals surface area contributed by atoms with E-state index in [9.17, 15) is 59.5 Å². The van der Waals surface area contributed by atoms with Gasteiger partial charge in [-0.15, -0.1) is 29.9 Å². The van der Waals surface area contributed by atoms with Gasteiger partial charge in [0.2, 0.25) is 21.7 Å². The second-order valence-corrected chi connectivity index (χ2v) is 30.6. The molecular formula is C85H105BrClF4N9O12S. The summed E-state index contributed by atoms with van der Waals surface area (Å²) < 4.78 is 83.6. The number of aromatic nitrogens is 3. The van der Waals surface area contributed by atoms with E-state index in [1.165, 1.54) is 4.90 Å². The number of alkyl halides is 5. The number of sulfone groups is 1. The van der Waals surface area contributed by atoms with Crippen LogP contribution in [0.1, 0.15) is 146 Å². The van der Waals surface area contributed by atoms with Gasteiger partial charge in [-0.1, -0.05) is 200 Å². The van der Waals surface area contributed by atoms with Crippen molar-refractivity contribution in [2.45, 2.75) is 162 Å². The van der Waals surface area contributed by atoms with E-state index >= 15 is 0 Å². The largest absolute Gasteiger partial charge is 0.481 e. The molecule has 0 aliphatic heterocycles. The molecule has 0 aliphatic carbocycles. The summed E-state index contributed by atoms with van der Waals surface area (Å²) in [6.07, 6.45) is -1.09. The number of carboxylic acids is 1. The quantitative estimate of drug-likeness (QED) is 0.0170. The lowest BCUT2D eigenvalue weighted by atomic mass is 9.89. The Hall–Kier alpha value is -10.4. The van der Waals surface area contributed by atoms with Crippen molar-refractivity contribution in [2.75, 3.05) is 38.7 Å². The van der Waals surface area contributed by atoms with E-state index < -0.39 is 63.9 Å². The summed E-state index contributed by atoms with van der Waals surface area (Å²) in [5.41, 5.74) is 8.96. The number of nitrogens with one attached hydrogen (secondary N) is 3. The number of hydrogen-bond acceptors (Lipinski definition) is 13. The third-order valence-corrected chi connectivity index (χ3v) is 20.2. The Kier molecular flexibility index (Phi) is 40.5. The van der Waals surface area contributed by atoms with Gasteiger partial charge in [-0.05, 0) is 158 Å². The second kappa shape index (κ2) is 47.2. The molecule has 28 heteroatoms. The monoisotopic (exact) mass is 1670 g/mol. The molecule has 0 saturated carbocycles. The van der Waals surface area contributed by atoms with E-state index in [-0.39, 0.29) is 74.2 Å². The maximum Gasteiger partial charge on any atom is 0.419 e. The average molecular weight is 1670 g/mol. The van der Waals surface area contributed by atoms with Crippen molar-refractivity contribution < 1.29 is 74.2 Å². The fourth-order valence-corrected chi connectivity index (χ4v) is 12.5. The van der Waals surface area contributed by atoms with Gasteiger partial charge < -0.3 is 35.2 Å². The molecule has 2 atom stereocenters. The van der Waals surface area contributed by atoms with Crippen molar-refractivity contribution >= 4 is 78.9 Å². The van der Waals surface area contributed by atoms with Crippen molar-refractivity contribution in [3.63, 3.8) is 0 Å². The normalized spacial score (nSPS) is 11.5. The van der Waals surface area contributed by atoms with E-state index in [2.05, 4.69) is 86.7 Å². The van der Waals surface area contributed by atoms with Crippen LogP contribution < -0.4 is 20.9 Å². The maximum atomic E-state index is 13.3. The summed E-state index contributed by atoms with van der Waals surface area (Å²) in [5, 5.41) is 17.5. The standard InChI is InChI=1S/C19H23NO.C18H17F4NO2.C16H22N4O3S.C15H22BrNO.C9H9NO4.C8H12ClNO/c1-14(2)20(13-17-8-6-5-7-9-17)19(21)18-11-15(3)10-16(4)12-18;1-2-16(17(24)23-11-12-6-4-3-5-7-12)25-13-8-9-15(19)14(10-13)18(20,21)22;1-6-19(7-2)16(21)20-10-17-15(18-20)24(22,23)14-12(4)8-11(3)9-13(14)5;1-14(2,3)12(16)13(18)17-15(4,5)11-9-7-6-8-10-11;11-8(12)6-14-10-9(13)7-4-2-1-3-5-7;1-3-5-10(6-4-2)8(11)7-9/h5-12,14H,13H2,1-4H3;3-10,16H,2,11H2,1H3,(H,23,24);8-10H,6-7H2,1-5H3;6-10,12H,1-5H3,(H,17,18);1-5H,6H2,(H,10,13)(H,11,12);3-4H,1-2,5-7H2. The first kappa shape index (κ1) is 96.8. The maximum absolute atomic E-state index is 13.3. The average Bonchev–Trinajstić information content (AvgIpc) is 1.75. The molecule has 1 aromatic heterocycles. The van der Waals surface area contributed by atoms with Crippen LogP contribution >= 0.6 is 27.5 Å². The lowest BCUT2D eigenvalue weighted by Crippen LogP contribution is -2.47.